The van der Waals surface area contributed by atoms with Gasteiger partial charge in [-0.05, 0) is 25.7 Å². The zero-order chi connectivity index (χ0) is 58.4. The number of nitrogens with one attached hydrogen (secondary N) is 2. The molecule has 2 aromatic heterocycles. The van der Waals surface area contributed by atoms with E-state index >= 15 is 0 Å². The van der Waals surface area contributed by atoms with Gasteiger partial charge in [0.2, 0.25) is 11.8 Å². The van der Waals surface area contributed by atoms with Crippen LogP contribution in [-0.2, 0) is 92.6 Å². The van der Waals surface area contributed by atoms with E-state index in [0.29, 0.717) is 211 Å². The average molecular weight is 1210 g/mol. The second-order valence-corrected chi connectivity index (χ2v) is 21.9. The summed E-state index contributed by atoms with van der Waals surface area (Å²) in [6.07, 6.45) is 24.0. The van der Waals surface area contributed by atoms with Crippen molar-refractivity contribution in [3.8, 4) is 0 Å². The Morgan fingerprint density at radius 3 is 0.878 bits per heavy atom. The summed E-state index contributed by atoms with van der Waals surface area (Å²) in [5, 5.41) is 22.6. The van der Waals surface area contributed by atoms with Gasteiger partial charge in [0.25, 0.3) is 0 Å². The van der Waals surface area contributed by atoms with Gasteiger partial charge in [0.15, 0.2) is 0 Å². The van der Waals surface area contributed by atoms with Crippen LogP contribution in [0.25, 0.3) is 0 Å². The molecule has 0 fully saturated rings. The highest BCUT2D eigenvalue weighted by atomic mass is 33.1. The highest BCUT2D eigenvalue weighted by Gasteiger charge is 2.08. The summed E-state index contributed by atoms with van der Waals surface area (Å²) in [7, 11) is 4.06. The zero-order valence-corrected chi connectivity index (χ0v) is 51.5. The molecule has 0 aromatic carbocycles. The smallest absolute Gasteiger partial charge is 0.220 e. The molecule has 0 spiro atoms. The summed E-state index contributed by atoms with van der Waals surface area (Å²) in [5.74, 6) is 2.59. The molecule has 0 bridgehead atoms. The molecule has 478 valence electrons. The lowest BCUT2D eigenvalue weighted by atomic mass is 10.1. The van der Waals surface area contributed by atoms with Gasteiger partial charge in [-0.15, -0.1) is 10.2 Å². The van der Waals surface area contributed by atoms with Crippen LogP contribution in [0.15, 0.2) is 12.4 Å². The van der Waals surface area contributed by atoms with E-state index in [2.05, 4.69) is 31.3 Å². The Kier molecular flexibility index (Phi) is 56.5. The van der Waals surface area contributed by atoms with E-state index in [9.17, 15) is 9.59 Å². The van der Waals surface area contributed by atoms with Crippen molar-refractivity contribution in [3.63, 3.8) is 0 Å². The van der Waals surface area contributed by atoms with Crippen molar-refractivity contribution in [2.24, 2.45) is 11.5 Å². The molecule has 6 N–H and O–H groups in total. The fourth-order valence-corrected chi connectivity index (χ4v) is 9.92. The van der Waals surface area contributed by atoms with Gasteiger partial charge in [-0.25, -0.2) is 9.36 Å². The van der Waals surface area contributed by atoms with Crippen molar-refractivity contribution >= 4 is 33.4 Å². The number of rotatable bonds is 67. The topological polar surface area (TPSA) is 282 Å². The predicted molar refractivity (Wildman–Crippen MR) is 320 cm³/mol. The van der Waals surface area contributed by atoms with E-state index in [0.717, 1.165) is 37.1 Å². The number of hydrogen-bond donors (Lipinski definition) is 4. The Morgan fingerprint density at radius 2 is 0.598 bits per heavy atom. The lowest BCUT2D eigenvalue weighted by Crippen LogP contribution is -2.22. The molecule has 0 aliphatic carbocycles. The number of amides is 2. The first-order valence-corrected chi connectivity index (χ1v) is 33.0. The van der Waals surface area contributed by atoms with Crippen molar-refractivity contribution in [2.45, 2.75) is 142 Å². The second-order valence-electron chi connectivity index (χ2n) is 19.2. The number of aromatic nitrogens is 6. The van der Waals surface area contributed by atoms with Crippen molar-refractivity contribution in [1.82, 2.24) is 40.6 Å². The van der Waals surface area contributed by atoms with Gasteiger partial charge in [0.05, 0.1) is 197 Å². The first-order valence-electron chi connectivity index (χ1n) is 30.5. The van der Waals surface area contributed by atoms with Crippen molar-refractivity contribution < 1.29 is 66.4 Å². The molecule has 26 heteroatoms. The van der Waals surface area contributed by atoms with Gasteiger partial charge in [-0.1, -0.05) is 109 Å². The van der Waals surface area contributed by atoms with E-state index in [1.54, 1.807) is 9.36 Å². The van der Waals surface area contributed by atoms with E-state index in [4.69, 9.17) is 68.3 Å². The molecule has 0 radical (unpaired) electrons. The van der Waals surface area contributed by atoms with Crippen LogP contribution < -0.4 is 22.1 Å². The molecule has 2 amide bonds. The summed E-state index contributed by atoms with van der Waals surface area (Å²) in [5.41, 5.74) is 12.2. The Morgan fingerprint density at radius 1 is 0.354 bits per heavy atom. The molecule has 0 unspecified atom stereocenters. The number of ether oxygens (including phenoxy) is 12. The van der Waals surface area contributed by atoms with Gasteiger partial charge in [0.1, 0.15) is 11.4 Å². The fraction of sp³-hybridized carbons (Fsp3) is 0.893. The van der Waals surface area contributed by atoms with Crippen LogP contribution in [0.2, 0.25) is 0 Å². The number of carbonyl (C=O) groups is 2. The number of nitrogens with zero attached hydrogens (tertiary/aromatic N) is 6. The minimum Gasteiger partial charge on any atom is -0.378 e. The van der Waals surface area contributed by atoms with Gasteiger partial charge in [-0.3, -0.25) is 9.59 Å². The summed E-state index contributed by atoms with van der Waals surface area (Å²) in [6, 6.07) is 0. The van der Waals surface area contributed by atoms with Crippen LogP contribution in [0.1, 0.15) is 127 Å². The maximum absolute atomic E-state index is 12.4. The molecule has 2 heterocycles. The van der Waals surface area contributed by atoms with Crippen molar-refractivity contribution in [3.05, 3.63) is 23.8 Å². The van der Waals surface area contributed by atoms with E-state index < -0.39 is 0 Å². The van der Waals surface area contributed by atoms with Crippen LogP contribution in [0.5, 0.6) is 0 Å². The number of nitrogens with two attached hydrogens (primary N) is 2. The summed E-state index contributed by atoms with van der Waals surface area (Å²) in [6.45, 7) is 15.2. The molecule has 0 aliphatic rings. The van der Waals surface area contributed by atoms with Crippen molar-refractivity contribution in [1.29, 1.82) is 0 Å². The third kappa shape index (κ3) is 52.9. The van der Waals surface area contributed by atoms with Crippen LogP contribution in [-0.4, -0.2) is 225 Å². The highest BCUT2D eigenvalue weighted by Crippen LogP contribution is 2.25. The third-order valence-electron chi connectivity index (χ3n) is 12.1. The largest absolute Gasteiger partial charge is 0.378 e. The number of unbranched alkanes of at least 4 members (excludes halogenated alkanes) is 14. The lowest BCUT2D eigenvalue weighted by Gasteiger charge is -2.08. The SMILES string of the molecule is NCCOCCOCCOCCOCCOCCOCCn1cc(CNC(=O)CCCCCCCCCCSSCCCCCCCCCCC(=O)NCc2cn(CCOCCOCCOCCOCCOCCOCCN)nn2)nn1. The monoisotopic (exact) mass is 1210 g/mol. The van der Waals surface area contributed by atoms with E-state index in [1.165, 1.54) is 88.6 Å². The Labute approximate surface area is 498 Å². The zero-order valence-electron chi connectivity index (χ0n) is 49.9. The lowest BCUT2D eigenvalue weighted by molar-refractivity contribution is -0.122. The quantitative estimate of drug-likeness (QED) is 0.0481. The Hall–Kier alpha value is -2.64. The fourth-order valence-electron chi connectivity index (χ4n) is 7.63. The molecule has 2 rings (SSSR count). The van der Waals surface area contributed by atoms with Gasteiger partial charge in [-0.2, -0.15) is 0 Å². The standard InChI is InChI=1S/C56H108N10O14S2/c57-19-23-69-27-31-73-35-39-77-43-45-79-41-37-75-33-29-71-25-21-65-51-53(61-63-65)49-59-55(67)17-13-9-5-1-3-7-11-15-47-81-82-48-16-12-8-4-2-6-10-14-18-56(68)60-50-54-52-66(64-62-54)22-26-72-30-34-76-38-42-80-46-44-78-40-36-74-32-28-70-24-20-58/h51-52H,1-50,57-58H2,(H,59,67)(H,60,68). The third-order valence-corrected chi connectivity index (χ3v) is 14.7. The molecule has 0 saturated carbocycles. The molecule has 2 aromatic rings. The molecule has 0 aliphatic heterocycles. The molecular weight excluding hydrogens is 1100 g/mol. The van der Waals surface area contributed by atoms with Crippen LogP contribution in [0.3, 0.4) is 0 Å². The minimum atomic E-state index is 0.0606. The molecule has 0 saturated heterocycles. The van der Waals surface area contributed by atoms with Gasteiger partial charge < -0.3 is 78.9 Å². The maximum Gasteiger partial charge on any atom is 0.220 e. The molecule has 24 nitrogen and oxygen atoms in total. The summed E-state index contributed by atoms with van der Waals surface area (Å²) < 4.78 is 69.0. The Bertz CT molecular complexity index is 1550. The second kappa shape index (κ2) is 61.4. The minimum absolute atomic E-state index is 0.0606. The first-order chi connectivity index (χ1) is 40.6. The van der Waals surface area contributed by atoms with E-state index in [-0.39, 0.29) is 11.8 Å². The van der Waals surface area contributed by atoms with E-state index in [1.807, 2.05) is 34.0 Å². The predicted octanol–water partition coefficient (Wildman–Crippen LogP) is 5.32. The van der Waals surface area contributed by atoms with Crippen LogP contribution in [0, 0.1) is 0 Å². The highest BCUT2D eigenvalue weighted by molar-refractivity contribution is 8.76. The van der Waals surface area contributed by atoms with Gasteiger partial charge >= 0.3 is 0 Å². The summed E-state index contributed by atoms with van der Waals surface area (Å²) in [4.78, 5) is 24.7. The first kappa shape index (κ1) is 75.5. The normalized spacial score (nSPS) is 11.6. The molecular formula is C56H108N10O14S2. The van der Waals surface area contributed by atoms with Crippen LogP contribution in [0.4, 0.5) is 0 Å². The van der Waals surface area contributed by atoms with Gasteiger partial charge in [0, 0.05) is 37.4 Å². The maximum atomic E-state index is 12.4. The summed E-state index contributed by atoms with van der Waals surface area (Å²) >= 11 is 0. The average Bonchev–Trinajstić information content (AvgIpc) is 4.16. The Balaban J connectivity index is 1.22. The van der Waals surface area contributed by atoms with Crippen molar-refractivity contribution in [2.75, 3.05) is 183 Å². The number of carbonyl (C=O) groups excluding carboxylic acids is 2. The number of hydrogen-bond acceptors (Lipinski definition) is 22. The molecule has 0 atom stereocenters. The van der Waals surface area contributed by atoms with Crippen LogP contribution >= 0.6 is 21.6 Å². The molecule has 82 heavy (non-hydrogen) atoms.